The number of nitrogens with zero attached hydrogens (tertiary/aromatic N) is 2. The topological polar surface area (TPSA) is 55.6 Å². The van der Waals surface area contributed by atoms with Gasteiger partial charge in [0.25, 0.3) is 5.69 Å². The summed E-state index contributed by atoms with van der Waals surface area (Å²) in [5.41, 5.74) is 1.59. The molecule has 0 aliphatic rings. The first-order valence-corrected chi connectivity index (χ1v) is 6.86. The molecule has 0 N–H and O–H groups in total. The van der Waals surface area contributed by atoms with Crippen LogP contribution in [0.5, 0.6) is 5.75 Å². The first-order chi connectivity index (χ1) is 10.6. The molecule has 0 atom stereocenters. The molecule has 2 aromatic carbocycles. The number of rotatable bonds is 6. The van der Waals surface area contributed by atoms with Crippen molar-refractivity contribution < 1.29 is 9.66 Å². The maximum Gasteiger partial charge on any atom is 0.280 e. The zero-order valence-electron chi connectivity index (χ0n) is 12.6. The summed E-state index contributed by atoms with van der Waals surface area (Å²) in [5.74, 6) is 0.484. The number of benzene rings is 2. The highest BCUT2D eigenvalue weighted by Crippen LogP contribution is 2.26. The second-order valence-corrected chi connectivity index (χ2v) is 5.03. The van der Waals surface area contributed by atoms with Crippen LogP contribution in [0.3, 0.4) is 0 Å². The Kier molecular flexibility index (Phi) is 5.14. The van der Waals surface area contributed by atoms with Crippen molar-refractivity contribution >= 4 is 11.8 Å². The summed E-state index contributed by atoms with van der Waals surface area (Å²) < 4.78 is 5.62. The smallest absolute Gasteiger partial charge is 0.280 e. The molecular weight excluding hydrogens is 280 g/mol. The van der Waals surface area contributed by atoms with Gasteiger partial charge >= 0.3 is 0 Å². The number of hydrogen-bond donors (Lipinski definition) is 0. The van der Waals surface area contributed by atoms with E-state index in [2.05, 4.69) is 0 Å². The van der Waals surface area contributed by atoms with Gasteiger partial charge in [-0.15, -0.1) is 0 Å². The fourth-order valence-electron chi connectivity index (χ4n) is 1.88. The summed E-state index contributed by atoms with van der Waals surface area (Å²) in [4.78, 5) is 12.6. The largest absolute Gasteiger partial charge is 0.489 e. The Morgan fingerprint density at radius 3 is 2.55 bits per heavy atom. The third-order valence-corrected chi connectivity index (χ3v) is 3.00. The number of hydrogen-bond acceptors (Lipinski definition) is 4. The molecule has 0 aromatic heterocycles. The molecule has 0 spiro atoms. The summed E-state index contributed by atoms with van der Waals surface area (Å²) >= 11 is 0. The van der Waals surface area contributed by atoms with Gasteiger partial charge in [0.1, 0.15) is 12.4 Å². The van der Waals surface area contributed by atoms with Gasteiger partial charge in [-0.25, -0.2) is 0 Å². The standard InChI is InChI=1S/C17H18N2O3/c1-18(2)11-10-15-8-9-16(12-17(15)19(20)21)22-13-14-6-4-3-5-7-14/h3-12H,13H2,1-2H3. The third-order valence-electron chi connectivity index (χ3n) is 3.00. The van der Waals surface area contributed by atoms with E-state index in [4.69, 9.17) is 4.74 Å². The van der Waals surface area contributed by atoms with Crippen LogP contribution in [0.25, 0.3) is 6.08 Å². The van der Waals surface area contributed by atoms with E-state index >= 15 is 0 Å². The second-order valence-electron chi connectivity index (χ2n) is 5.03. The van der Waals surface area contributed by atoms with Crippen molar-refractivity contribution in [1.82, 2.24) is 4.90 Å². The average molecular weight is 298 g/mol. The normalized spacial score (nSPS) is 10.6. The Morgan fingerprint density at radius 1 is 1.18 bits per heavy atom. The Hall–Kier alpha value is -2.82. The van der Waals surface area contributed by atoms with Crippen molar-refractivity contribution in [3.8, 4) is 5.75 Å². The van der Waals surface area contributed by atoms with Crippen LogP contribution >= 0.6 is 0 Å². The zero-order chi connectivity index (χ0) is 15.9. The van der Waals surface area contributed by atoms with Crippen LogP contribution in [-0.4, -0.2) is 23.9 Å². The van der Waals surface area contributed by atoms with E-state index in [0.29, 0.717) is 17.9 Å². The minimum atomic E-state index is -0.398. The molecule has 0 saturated carbocycles. The zero-order valence-corrected chi connectivity index (χ0v) is 12.6. The Balaban J connectivity index is 2.16. The lowest BCUT2D eigenvalue weighted by molar-refractivity contribution is -0.385. The highest BCUT2D eigenvalue weighted by atomic mass is 16.6. The molecule has 0 amide bonds. The van der Waals surface area contributed by atoms with E-state index in [9.17, 15) is 10.1 Å². The molecule has 0 bridgehead atoms. The lowest BCUT2D eigenvalue weighted by Gasteiger charge is -2.08. The number of nitro benzene ring substituents is 1. The van der Waals surface area contributed by atoms with E-state index < -0.39 is 4.92 Å². The fourth-order valence-corrected chi connectivity index (χ4v) is 1.88. The number of nitro groups is 1. The van der Waals surface area contributed by atoms with E-state index in [-0.39, 0.29) is 5.69 Å². The summed E-state index contributed by atoms with van der Waals surface area (Å²) in [5, 5.41) is 11.2. The SMILES string of the molecule is CN(C)C=Cc1ccc(OCc2ccccc2)cc1[N+](=O)[O-]. The van der Waals surface area contributed by atoms with Crippen molar-refractivity contribution in [2.24, 2.45) is 0 Å². The van der Waals surface area contributed by atoms with Crippen molar-refractivity contribution in [3.63, 3.8) is 0 Å². The van der Waals surface area contributed by atoms with Gasteiger partial charge in [0, 0.05) is 14.1 Å². The molecule has 5 nitrogen and oxygen atoms in total. The lowest BCUT2D eigenvalue weighted by atomic mass is 10.1. The van der Waals surface area contributed by atoms with Crippen LogP contribution in [-0.2, 0) is 6.61 Å². The van der Waals surface area contributed by atoms with E-state index in [1.165, 1.54) is 6.07 Å². The summed E-state index contributed by atoms with van der Waals surface area (Å²) in [6.45, 7) is 0.380. The third kappa shape index (κ3) is 4.34. The molecule has 2 rings (SSSR count). The van der Waals surface area contributed by atoms with E-state index in [0.717, 1.165) is 5.56 Å². The molecule has 2 aromatic rings. The molecule has 114 valence electrons. The van der Waals surface area contributed by atoms with Crippen molar-refractivity contribution in [2.75, 3.05) is 14.1 Å². The maximum absolute atomic E-state index is 11.2. The highest BCUT2D eigenvalue weighted by Gasteiger charge is 2.13. The van der Waals surface area contributed by atoms with E-state index in [1.54, 1.807) is 24.4 Å². The summed E-state index contributed by atoms with van der Waals surface area (Å²) in [6.07, 6.45) is 3.48. The van der Waals surface area contributed by atoms with Gasteiger partial charge < -0.3 is 9.64 Å². The molecule has 0 aliphatic carbocycles. The van der Waals surface area contributed by atoms with Gasteiger partial charge in [0.05, 0.1) is 16.6 Å². The molecule has 0 fully saturated rings. The van der Waals surface area contributed by atoms with Crippen LogP contribution in [0.4, 0.5) is 5.69 Å². The maximum atomic E-state index is 11.2. The summed E-state index contributed by atoms with van der Waals surface area (Å²) in [6, 6.07) is 14.6. The quantitative estimate of drug-likeness (QED) is 0.602. The lowest BCUT2D eigenvalue weighted by Crippen LogP contribution is -2.01. The minimum Gasteiger partial charge on any atom is -0.489 e. The first-order valence-electron chi connectivity index (χ1n) is 6.86. The Bertz CT molecular complexity index is 667. The predicted molar refractivity (Wildman–Crippen MR) is 86.6 cm³/mol. The fraction of sp³-hybridized carbons (Fsp3) is 0.176. The molecule has 0 unspecified atom stereocenters. The van der Waals surface area contributed by atoms with Crippen molar-refractivity contribution in [2.45, 2.75) is 6.61 Å². The molecule has 5 heteroatoms. The van der Waals surface area contributed by atoms with Crippen molar-refractivity contribution in [3.05, 3.63) is 76.0 Å². The Labute approximate surface area is 129 Å². The molecular formula is C17H18N2O3. The van der Waals surface area contributed by atoms with Gasteiger partial charge in [-0.3, -0.25) is 10.1 Å². The van der Waals surface area contributed by atoms with Crippen LogP contribution in [0.1, 0.15) is 11.1 Å². The van der Waals surface area contributed by atoms with Gasteiger partial charge in [0.2, 0.25) is 0 Å². The molecule has 0 radical (unpaired) electrons. The average Bonchev–Trinajstić information content (AvgIpc) is 2.52. The van der Waals surface area contributed by atoms with Gasteiger partial charge in [0.15, 0.2) is 0 Å². The second kappa shape index (κ2) is 7.26. The predicted octanol–water partition coefficient (Wildman–Crippen LogP) is 3.71. The van der Waals surface area contributed by atoms with E-state index in [1.807, 2.05) is 49.3 Å². The molecule has 22 heavy (non-hydrogen) atoms. The van der Waals surface area contributed by atoms with Gasteiger partial charge in [-0.1, -0.05) is 30.3 Å². The van der Waals surface area contributed by atoms with Crippen molar-refractivity contribution in [1.29, 1.82) is 0 Å². The highest BCUT2D eigenvalue weighted by molar-refractivity contribution is 5.62. The van der Waals surface area contributed by atoms with Crippen LogP contribution in [0.2, 0.25) is 0 Å². The van der Waals surface area contributed by atoms with Crippen LogP contribution < -0.4 is 4.74 Å². The molecule has 0 saturated heterocycles. The molecule has 0 aliphatic heterocycles. The minimum absolute atomic E-state index is 0.0312. The van der Waals surface area contributed by atoms with Crippen LogP contribution in [0, 0.1) is 10.1 Å². The van der Waals surface area contributed by atoms with Crippen LogP contribution in [0.15, 0.2) is 54.7 Å². The Morgan fingerprint density at radius 2 is 1.91 bits per heavy atom. The van der Waals surface area contributed by atoms with Gasteiger partial charge in [-0.05, 0) is 30.0 Å². The monoisotopic (exact) mass is 298 g/mol. The van der Waals surface area contributed by atoms with Gasteiger partial charge in [-0.2, -0.15) is 0 Å². The summed E-state index contributed by atoms with van der Waals surface area (Å²) in [7, 11) is 3.72. The molecule has 0 heterocycles. The number of ether oxygens (including phenoxy) is 1. The first kappa shape index (κ1) is 15.6.